The number of benzene rings is 1. The summed E-state index contributed by atoms with van der Waals surface area (Å²) in [6, 6.07) is 5.62. The standard InChI is InChI=1S/C15H20Cl2N2O2/c1-15(2,3)21-14(20)19-8-7-10(9-19)18-12-6-4-5-11(16)13(12)17/h4-6,10,18H,7-9H2,1-3H3. The van der Waals surface area contributed by atoms with E-state index in [2.05, 4.69) is 5.32 Å². The van der Waals surface area contributed by atoms with Crippen molar-refractivity contribution in [2.24, 2.45) is 0 Å². The number of nitrogens with zero attached hydrogens (tertiary/aromatic N) is 1. The Bertz CT molecular complexity index is 529. The molecule has 6 heteroatoms. The van der Waals surface area contributed by atoms with E-state index in [1.54, 1.807) is 11.0 Å². The zero-order chi connectivity index (χ0) is 15.6. The Morgan fingerprint density at radius 2 is 2.10 bits per heavy atom. The van der Waals surface area contributed by atoms with Crippen molar-refractivity contribution < 1.29 is 9.53 Å². The molecule has 2 rings (SSSR count). The molecule has 0 bridgehead atoms. The summed E-state index contributed by atoms with van der Waals surface area (Å²) in [5, 5.41) is 4.36. The molecule has 1 N–H and O–H groups in total. The summed E-state index contributed by atoms with van der Waals surface area (Å²) in [7, 11) is 0. The fraction of sp³-hybridized carbons (Fsp3) is 0.533. The third-order valence-corrected chi connectivity index (χ3v) is 3.97. The van der Waals surface area contributed by atoms with Gasteiger partial charge in [-0.15, -0.1) is 0 Å². The van der Waals surface area contributed by atoms with Crippen LogP contribution in [0.4, 0.5) is 10.5 Å². The highest BCUT2D eigenvalue weighted by Gasteiger charge is 2.29. The second-order valence-corrected chi connectivity index (χ2v) is 6.94. The lowest BCUT2D eigenvalue weighted by Gasteiger charge is -2.24. The van der Waals surface area contributed by atoms with E-state index in [4.69, 9.17) is 27.9 Å². The van der Waals surface area contributed by atoms with Crippen molar-refractivity contribution in [1.29, 1.82) is 0 Å². The Morgan fingerprint density at radius 1 is 1.38 bits per heavy atom. The predicted molar refractivity (Wildman–Crippen MR) is 86.3 cm³/mol. The van der Waals surface area contributed by atoms with Crippen LogP contribution in [0.3, 0.4) is 0 Å². The Hall–Kier alpha value is -1.13. The number of rotatable bonds is 2. The Kier molecular flexibility index (Phi) is 4.89. The van der Waals surface area contributed by atoms with Gasteiger partial charge in [0.2, 0.25) is 0 Å². The molecule has 0 spiro atoms. The fourth-order valence-corrected chi connectivity index (χ4v) is 2.56. The number of carbonyl (C=O) groups excluding carboxylic acids is 1. The maximum atomic E-state index is 12.0. The van der Waals surface area contributed by atoms with Crippen LogP contribution in [-0.4, -0.2) is 35.7 Å². The number of anilines is 1. The number of nitrogens with one attached hydrogen (secondary N) is 1. The van der Waals surface area contributed by atoms with E-state index in [1.165, 1.54) is 0 Å². The molecule has 1 unspecified atom stereocenters. The van der Waals surface area contributed by atoms with Gasteiger partial charge in [0.15, 0.2) is 0 Å². The number of halogens is 2. The summed E-state index contributed by atoms with van der Waals surface area (Å²) in [4.78, 5) is 13.7. The first kappa shape index (κ1) is 16.2. The van der Waals surface area contributed by atoms with Gasteiger partial charge in [0.25, 0.3) is 0 Å². The van der Waals surface area contributed by atoms with Gasteiger partial charge < -0.3 is 15.0 Å². The van der Waals surface area contributed by atoms with Crippen molar-refractivity contribution in [1.82, 2.24) is 4.90 Å². The molecule has 1 aromatic rings. The molecule has 116 valence electrons. The molecule has 4 nitrogen and oxygen atoms in total. The van der Waals surface area contributed by atoms with Crippen molar-refractivity contribution in [2.45, 2.75) is 38.8 Å². The van der Waals surface area contributed by atoms with E-state index in [0.717, 1.165) is 12.1 Å². The van der Waals surface area contributed by atoms with Gasteiger partial charge in [0.1, 0.15) is 5.60 Å². The number of ether oxygens (including phenoxy) is 1. The highest BCUT2D eigenvalue weighted by Crippen LogP contribution is 2.31. The van der Waals surface area contributed by atoms with Crippen molar-refractivity contribution >= 4 is 35.0 Å². The van der Waals surface area contributed by atoms with E-state index < -0.39 is 5.60 Å². The van der Waals surface area contributed by atoms with Crippen molar-refractivity contribution in [3.63, 3.8) is 0 Å². The largest absolute Gasteiger partial charge is 0.444 e. The molecule has 0 radical (unpaired) electrons. The molecule has 1 atom stereocenters. The van der Waals surface area contributed by atoms with Crippen molar-refractivity contribution in [2.75, 3.05) is 18.4 Å². The third kappa shape index (κ3) is 4.42. The van der Waals surface area contributed by atoms with Gasteiger partial charge in [-0.2, -0.15) is 0 Å². The summed E-state index contributed by atoms with van der Waals surface area (Å²) >= 11 is 12.2. The smallest absolute Gasteiger partial charge is 0.410 e. The normalized spacial score (nSPS) is 18.7. The monoisotopic (exact) mass is 330 g/mol. The molecule has 1 aliphatic heterocycles. The van der Waals surface area contributed by atoms with Gasteiger partial charge in [-0.3, -0.25) is 0 Å². The van der Waals surface area contributed by atoms with Crippen LogP contribution in [0.2, 0.25) is 10.0 Å². The fourth-order valence-electron chi connectivity index (χ4n) is 2.21. The minimum Gasteiger partial charge on any atom is -0.444 e. The summed E-state index contributed by atoms with van der Waals surface area (Å²) in [5.41, 5.74) is 0.319. The summed E-state index contributed by atoms with van der Waals surface area (Å²) in [5.74, 6) is 0. The minimum atomic E-state index is -0.473. The zero-order valence-electron chi connectivity index (χ0n) is 12.5. The number of likely N-dealkylation sites (tertiary alicyclic amines) is 1. The summed E-state index contributed by atoms with van der Waals surface area (Å²) in [6.07, 6.45) is 0.575. The number of amides is 1. The molecule has 1 fully saturated rings. The van der Waals surface area contributed by atoms with Crippen molar-refractivity contribution in [3.05, 3.63) is 28.2 Å². The van der Waals surface area contributed by atoms with Crippen molar-refractivity contribution in [3.8, 4) is 0 Å². The van der Waals surface area contributed by atoms with Crippen LogP contribution in [0, 0.1) is 0 Å². The molecule has 0 aromatic heterocycles. The average Bonchev–Trinajstić information content (AvgIpc) is 2.82. The third-order valence-electron chi connectivity index (χ3n) is 3.15. The van der Waals surface area contributed by atoms with Crippen LogP contribution < -0.4 is 5.32 Å². The lowest BCUT2D eigenvalue weighted by Crippen LogP contribution is -2.36. The first-order valence-corrected chi connectivity index (χ1v) is 7.70. The van der Waals surface area contributed by atoms with Crippen LogP contribution in [-0.2, 0) is 4.74 Å². The summed E-state index contributed by atoms with van der Waals surface area (Å²) < 4.78 is 5.38. The van der Waals surface area contributed by atoms with E-state index in [9.17, 15) is 4.79 Å². The Balaban J connectivity index is 1.94. The summed E-state index contributed by atoms with van der Waals surface area (Å²) in [6.45, 7) is 6.86. The van der Waals surface area contributed by atoms with Crippen LogP contribution >= 0.6 is 23.2 Å². The maximum Gasteiger partial charge on any atom is 0.410 e. The van der Waals surface area contributed by atoms with Gasteiger partial charge >= 0.3 is 6.09 Å². The van der Waals surface area contributed by atoms with E-state index in [-0.39, 0.29) is 12.1 Å². The van der Waals surface area contributed by atoms with E-state index in [0.29, 0.717) is 23.1 Å². The second-order valence-electron chi connectivity index (χ2n) is 6.16. The van der Waals surface area contributed by atoms with Crippen LogP contribution in [0.1, 0.15) is 27.2 Å². The SMILES string of the molecule is CC(C)(C)OC(=O)N1CCC(Nc2cccc(Cl)c2Cl)C1. The Morgan fingerprint density at radius 3 is 2.76 bits per heavy atom. The molecule has 1 amide bonds. The number of hydrogen-bond donors (Lipinski definition) is 1. The maximum absolute atomic E-state index is 12.0. The van der Waals surface area contributed by atoms with Gasteiger partial charge in [-0.1, -0.05) is 29.3 Å². The topological polar surface area (TPSA) is 41.6 Å². The van der Waals surface area contributed by atoms with Crippen LogP contribution in [0.15, 0.2) is 18.2 Å². The lowest BCUT2D eigenvalue weighted by molar-refractivity contribution is 0.0293. The number of carbonyl (C=O) groups is 1. The highest BCUT2D eigenvalue weighted by molar-refractivity contribution is 6.43. The molecule has 0 saturated carbocycles. The minimum absolute atomic E-state index is 0.147. The molecular weight excluding hydrogens is 311 g/mol. The predicted octanol–water partition coefficient (Wildman–Crippen LogP) is 4.41. The molecule has 0 aliphatic carbocycles. The molecule has 1 saturated heterocycles. The Labute approximate surface area is 135 Å². The van der Waals surface area contributed by atoms with E-state index in [1.807, 2.05) is 32.9 Å². The molecule has 1 aromatic carbocycles. The molecule has 1 aliphatic rings. The van der Waals surface area contributed by atoms with Gasteiger partial charge in [-0.05, 0) is 39.3 Å². The van der Waals surface area contributed by atoms with Crippen LogP contribution in [0.25, 0.3) is 0 Å². The number of hydrogen-bond acceptors (Lipinski definition) is 3. The first-order valence-electron chi connectivity index (χ1n) is 6.95. The molecule has 1 heterocycles. The van der Waals surface area contributed by atoms with Gasteiger partial charge in [0.05, 0.1) is 15.7 Å². The highest BCUT2D eigenvalue weighted by atomic mass is 35.5. The first-order chi connectivity index (χ1) is 9.76. The van der Waals surface area contributed by atoms with E-state index >= 15 is 0 Å². The average molecular weight is 331 g/mol. The lowest BCUT2D eigenvalue weighted by atomic mass is 10.2. The van der Waals surface area contributed by atoms with Crippen LogP contribution in [0.5, 0.6) is 0 Å². The van der Waals surface area contributed by atoms with Gasteiger partial charge in [0, 0.05) is 19.1 Å². The second kappa shape index (κ2) is 6.32. The molecule has 21 heavy (non-hydrogen) atoms. The zero-order valence-corrected chi connectivity index (χ0v) is 14.0. The van der Waals surface area contributed by atoms with Gasteiger partial charge in [-0.25, -0.2) is 4.79 Å². The quantitative estimate of drug-likeness (QED) is 0.872. The molecular formula is C15H20Cl2N2O2.